The predicted molar refractivity (Wildman–Crippen MR) is 83.5 cm³/mol. The van der Waals surface area contributed by atoms with Crippen molar-refractivity contribution in [2.45, 2.75) is 12.5 Å². The zero-order chi connectivity index (χ0) is 14.5. The maximum atomic E-state index is 6.03. The lowest BCUT2D eigenvalue weighted by Crippen LogP contribution is -2.17. The number of aromatic nitrogens is 2. The molecule has 0 amide bonds. The maximum Gasteiger partial charge on any atom is 0.152 e. The second-order valence-corrected chi connectivity index (χ2v) is 4.81. The second-order valence-electron chi connectivity index (χ2n) is 4.42. The summed E-state index contributed by atoms with van der Waals surface area (Å²) >= 11 is 5.99. The van der Waals surface area contributed by atoms with Crippen molar-refractivity contribution in [1.29, 1.82) is 0 Å². The van der Waals surface area contributed by atoms with E-state index in [1.807, 2.05) is 43.5 Å². The van der Waals surface area contributed by atoms with Crippen LogP contribution >= 0.6 is 11.6 Å². The number of benzene rings is 1. The molecule has 5 heteroatoms. The van der Waals surface area contributed by atoms with Crippen molar-refractivity contribution in [2.75, 3.05) is 12.8 Å². The summed E-state index contributed by atoms with van der Waals surface area (Å²) in [7, 11) is 1.89. The lowest BCUT2D eigenvalue weighted by Gasteiger charge is -2.18. The largest absolute Gasteiger partial charge is 0.398 e. The molecule has 3 N–H and O–H groups in total. The van der Waals surface area contributed by atoms with Crippen molar-refractivity contribution < 1.29 is 0 Å². The molecule has 0 saturated heterocycles. The minimum absolute atomic E-state index is 0.0649. The van der Waals surface area contributed by atoms with Gasteiger partial charge in [-0.3, -0.25) is 0 Å². The Hall–Kier alpha value is -1.91. The topological polar surface area (TPSA) is 63.8 Å². The molecule has 0 saturated carbocycles. The molecule has 1 unspecified atom stereocenters. The number of nitrogens with zero attached hydrogens (tertiary/aromatic N) is 2. The Kier molecular flexibility index (Phi) is 4.71. The van der Waals surface area contributed by atoms with E-state index < -0.39 is 0 Å². The molecule has 0 aliphatic heterocycles. The van der Waals surface area contributed by atoms with Gasteiger partial charge in [0.2, 0.25) is 0 Å². The molecular formula is C15H17ClN4. The fraction of sp³-hybridized carbons (Fsp3) is 0.200. The number of anilines is 1. The number of hydrogen-bond acceptors (Lipinski definition) is 4. The highest BCUT2D eigenvalue weighted by molar-refractivity contribution is 6.29. The van der Waals surface area contributed by atoms with Gasteiger partial charge in [0.25, 0.3) is 0 Å². The van der Waals surface area contributed by atoms with Crippen molar-refractivity contribution >= 4 is 17.3 Å². The first kappa shape index (κ1) is 14.5. The Morgan fingerprint density at radius 2 is 2.15 bits per heavy atom. The molecule has 0 fully saturated rings. The highest BCUT2D eigenvalue weighted by Gasteiger charge is 2.17. The molecule has 104 valence electrons. The van der Waals surface area contributed by atoms with Gasteiger partial charge in [-0.15, -0.1) is 16.8 Å². The van der Waals surface area contributed by atoms with E-state index in [4.69, 9.17) is 17.3 Å². The van der Waals surface area contributed by atoms with Gasteiger partial charge in [-0.25, -0.2) is 0 Å². The van der Waals surface area contributed by atoms with Crippen molar-refractivity contribution in [2.24, 2.45) is 0 Å². The molecule has 0 bridgehead atoms. The van der Waals surface area contributed by atoms with Gasteiger partial charge >= 0.3 is 0 Å². The minimum atomic E-state index is 0.0649. The zero-order valence-electron chi connectivity index (χ0n) is 11.3. The van der Waals surface area contributed by atoms with Crippen LogP contribution in [0.5, 0.6) is 0 Å². The summed E-state index contributed by atoms with van der Waals surface area (Å²) in [6.45, 7) is 3.78. The molecule has 1 aromatic carbocycles. The van der Waals surface area contributed by atoms with Crippen molar-refractivity contribution in [3.8, 4) is 11.3 Å². The van der Waals surface area contributed by atoms with E-state index in [1.165, 1.54) is 0 Å². The molecule has 1 atom stereocenters. The van der Waals surface area contributed by atoms with Gasteiger partial charge in [-0.2, -0.15) is 0 Å². The van der Waals surface area contributed by atoms with Crippen LogP contribution in [-0.4, -0.2) is 17.2 Å². The Morgan fingerprint density at radius 3 is 2.80 bits per heavy atom. The van der Waals surface area contributed by atoms with E-state index in [2.05, 4.69) is 22.1 Å². The van der Waals surface area contributed by atoms with Crippen LogP contribution in [-0.2, 0) is 0 Å². The molecular weight excluding hydrogens is 272 g/mol. The first-order chi connectivity index (χ1) is 9.67. The van der Waals surface area contributed by atoms with Gasteiger partial charge in [0, 0.05) is 22.9 Å². The molecule has 0 radical (unpaired) electrons. The molecule has 0 aliphatic rings. The Balaban J connectivity index is 2.59. The average Bonchev–Trinajstić information content (AvgIpc) is 2.45. The molecule has 20 heavy (non-hydrogen) atoms. The van der Waals surface area contributed by atoms with E-state index in [1.54, 1.807) is 0 Å². The predicted octanol–water partition coefficient (Wildman–Crippen LogP) is 3.22. The minimum Gasteiger partial charge on any atom is -0.398 e. The highest BCUT2D eigenvalue weighted by Crippen LogP contribution is 2.32. The second kappa shape index (κ2) is 6.50. The van der Waals surface area contributed by atoms with Crippen LogP contribution < -0.4 is 11.1 Å². The quantitative estimate of drug-likeness (QED) is 0.655. The molecule has 4 nitrogen and oxygen atoms in total. The van der Waals surface area contributed by atoms with Crippen LogP contribution in [0.4, 0.5) is 5.69 Å². The van der Waals surface area contributed by atoms with Crippen molar-refractivity contribution in [3.05, 3.63) is 53.7 Å². The lowest BCUT2D eigenvalue weighted by molar-refractivity contribution is 0.601. The fourth-order valence-electron chi connectivity index (χ4n) is 2.14. The highest BCUT2D eigenvalue weighted by atomic mass is 35.5. The van der Waals surface area contributed by atoms with Crippen LogP contribution in [0, 0.1) is 0 Å². The summed E-state index contributed by atoms with van der Waals surface area (Å²) < 4.78 is 0. The van der Waals surface area contributed by atoms with Gasteiger partial charge in [0.05, 0.1) is 5.69 Å². The normalized spacial score (nSPS) is 12.1. The molecule has 0 spiro atoms. The van der Waals surface area contributed by atoms with Crippen molar-refractivity contribution in [1.82, 2.24) is 15.5 Å². The number of rotatable bonds is 5. The summed E-state index contributed by atoms with van der Waals surface area (Å²) in [6.07, 6.45) is 2.62. The first-order valence-electron chi connectivity index (χ1n) is 6.33. The molecule has 2 rings (SSSR count). The summed E-state index contributed by atoms with van der Waals surface area (Å²) in [6, 6.07) is 9.47. The Bertz CT molecular complexity index is 613. The van der Waals surface area contributed by atoms with Gasteiger partial charge < -0.3 is 11.1 Å². The smallest absolute Gasteiger partial charge is 0.152 e. The Labute approximate surface area is 123 Å². The van der Waals surface area contributed by atoms with E-state index in [0.29, 0.717) is 10.8 Å². The maximum absolute atomic E-state index is 6.03. The van der Waals surface area contributed by atoms with E-state index in [0.717, 1.165) is 23.2 Å². The molecule has 1 aromatic heterocycles. The van der Waals surface area contributed by atoms with Crippen LogP contribution in [0.25, 0.3) is 11.3 Å². The third kappa shape index (κ3) is 2.98. The third-order valence-electron chi connectivity index (χ3n) is 3.14. The number of nitrogen functional groups attached to an aromatic ring is 1. The van der Waals surface area contributed by atoms with Gasteiger partial charge in [-0.1, -0.05) is 35.9 Å². The number of hydrogen-bond donors (Lipinski definition) is 2. The van der Waals surface area contributed by atoms with Gasteiger partial charge in [0.1, 0.15) is 0 Å². The van der Waals surface area contributed by atoms with E-state index in [9.17, 15) is 0 Å². The van der Waals surface area contributed by atoms with Crippen molar-refractivity contribution in [3.63, 3.8) is 0 Å². The van der Waals surface area contributed by atoms with E-state index >= 15 is 0 Å². The number of halogens is 1. The van der Waals surface area contributed by atoms with E-state index in [-0.39, 0.29) is 6.04 Å². The third-order valence-corrected chi connectivity index (χ3v) is 3.32. The van der Waals surface area contributed by atoms with Crippen LogP contribution in [0.3, 0.4) is 0 Å². The lowest BCUT2D eigenvalue weighted by atomic mass is 9.98. The monoisotopic (exact) mass is 288 g/mol. The summed E-state index contributed by atoms with van der Waals surface area (Å²) in [5.74, 6) is 0. The Morgan fingerprint density at radius 1 is 1.40 bits per heavy atom. The van der Waals surface area contributed by atoms with Crippen LogP contribution in [0.2, 0.25) is 5.15 Å². The average molecular weight is 289 g/mol. The summed E-state index contributed by atoms with van der Waals surface area (Å²) in [4.78, 5) is 0. The van der Waals surface area contributed by atoms with Gasteiger partial charge in [0.15, 0.2) is 5.15 Å². The van der Waals surface area contributed by atoms with Crippen LogP contribution in [0.15, 0.2) is 43.0 Å². The summed E-state index contributed by atoms with van der Waals surface area (Å²) in [5, 5.41) is 11.8. The standard InChI is InChI=1S/C15H17ClN4/c1-3-6-13(18-2)11-9-14(16)19-20-15(11)10-7-4-5-8-12(10)17/h3-5,7-9,13,18H,1,6,17H2,2H3. The summed E-state index contributed by atoms with van der Waals surface area (Å²) in [5.41, 5.74) is 9.26. The molecule has 0 aliphatic carbocycles. The van der Waals surface area contributed by atoms with Crippen LogP contribution in [0.1, 0.15) is 18.0 Å². The number of para-hydroxylation sites is 1. The SMILES string of the molecule is C=CCC(NC)c1cc(Cl)nnc1-c1ccccc1N. The molecule has 1 heterocycles. The van der Waals surface area contributed by atoms with Gasteiger partial charge in [-0.05, 0) is 25.6 Å². The first-order valence-corrected chi connectivity index (χ1v) is 6.71. The number of nitrogens with one attached hydrogen (secondary N) is 1. The molecule has 2 aromatic rings. The fourth-order valence-corrected chi connectivity index (χ4v) is 2.29. The number of nitrogens with two attached hydrogens (primary N) is 1. The zero-order valence-corrected chi connectivity index (χ0v) is 12.1.